The molecule has 0 aliphatic heterocycles. The largest absolute Gasteiger partial charge is 0.350 e. The van der Waals surface area contributed by atoms with E-state index in [1.807, 2.05) is 75.4 Å². The van der Waals surface area contributed by atoms with E-state index in [-0.39, 0.29) is 29.5 Å². The summed E-state index contributed by atoms with van der Waals surface area (Å²) in [6.45, 7) is 5.03. The maximum Gasteiger partial charge on any atom is 0.264 e. The SMILES string of the molecule is CC(C)(C)NC(=O)[C@@H](Cc1ccccc1)N(Cc1cccc(Br)c1)C(=O)CN(c1ccccc1)S(=O)(=O)c1ccc(F)cc1. The van der Waals surface area contributed by atoms with Gasteiger partial charge in [-0.15, -0.1) is 0 Å². The third-order valence-corrected chi connectivity index (χ3v) is 9.02. The standard InChI is InChI=1S/C34H35BrFN3O4S/c1-34(2,3)37-33(41)31(22-25-11-6-4-7-12-25)38(23-26-13-10-14-27(35)21-26)32(40)24-39(29-15-8-5-9-16-29)44(42,43)30-19-17-28(36)18-20-30/h4-21,31H,22-24H2,1-3H3,(H,37,41)/t31-/m1/s1. The minimum absolute atomic E-state index is 0.0482. The summed E-state index contributed by atoms with van der Waals surface area (Å²) in [5, 5.41) is 3.01. The van der Waals surface area contributed by atoms with E-state index in [2.05, 4.69) is 21.2 Å². The van der Waals surface area contributed by atoms with E-state index in [1.165, 1.54) is 17.0 Å². The zero-order valence-electron chi connectivity index (χ0n) is 24.8. The molecule has 0 saturated heterocycles. The van der Waals surface area contributed by atoms with Crippen LogP contribution in [0.1, 0.15) is 31.9 Å². The molecule has 0 unspecified atom stereocenters. The van der Waals surface area contributed by atoms with Gasteiger partial charge in [-0.2, -0.15) is 0 Å². The van der Waals surface area contributed by atoms with Crippen LogP contribution >= 0.6 is 15.9 Å². The van der Waals surface area contributed by atoms with E-state index in [0.717, 1.165) is 32.0 Å². The Bertz CT molecular complexity index is 1680. The third kappa shape index (κ3) is 8.76. The van der Waals surface area contributed by atoms with Crippen LogP contribution < -0.4 is 9.62 Å². The second-order valence-corrected chi connectivity index (χ2v) is 14.2. The number of benzene rings is 4. The van der Waals surface area contributed by atoms with E-state index >= 15 is 0 Å². The van der Waals surface area contributed by atoms with E-state index in [1.54, 1.807) is 30.3 Å². The first-order valence-electron chi connectivity index (χ1n) is 14.1. The summed E-state index contributed by atoms with van der Waals surface area (Å²) in [7, 11) is -4.30. The molecule has 0 saturated carbocycles. The quantitative estimate of drug-likeness (QED) is 0.201. The Labute approximate surface area is 266 Å². The molecule has 230 valence electrons. The monoisotopic (exact) mass is 679 g/mol. The molecule has 1 atom stereocenters. The summed E-state index contributed by atoms with van der Waals surface area (Å²) in [4.78, 5) is 29.6. The smallest absolute Gasteiger partial charge is 0.264 e. The van der Waals surface area contributed by atoms with Crippen LogP contribution in [0, 0.1) is 5.82 Å². The summed E-state index contributed by atoms with van der Waals surface area (Å²) in [5.41, 5.74) is 1.26. The molecule has 0 aliphatic rings. The number of nitrogens with one attached hydrogen (secondary N) is 1. The molecule has 4 rings (SSSR count). The first-order valence-corrected chi connectivity index (χ1v) is 16.3. The lowest BCUT2D eigenvalue weighted by Gasteiger charge is -2.35. The highest BCUT2D eigenvalue weighted by molar-refractivity contribution is 9.10. The Kier molecular flexibility index (Phi) is 10.6. The van der Waals surface area contributed by atoms with Crippen LogP contribution in [-0.2, 0) is 32.6 Å². The summed E-state index contributed by atoms with van der Waals surface area (Å²) in [6, 6.07) is 28.5. The van der Waals surface area contributed by atoms with Gasteiger partial charge in [-0.1, -0.05) is 76.6 Å². The van der Waals surface area contributed by atoms with Gasteiger partial charge in [0.15, 0.2) is 0 Å². The maximum absolute atomic E-state index is 14.4. The summed E-state index contributed by atoms with van der Waals surface area (Å²) in [5.74, 6) is -1.53. The molecule has 44 heavy (non-hydrogen) atoms. The molecule has 1 N–H and O–H groups in total. The van der Waals surface area contributed by atoms with E-state index in [9.17, 15) is 22.4 Å². The van der Waals surface area contributed by atoms with E-state index in [0.29, 0.717) is 0 Å². The van der Waals surface area contributed by atoms with Gasteiger partial charge in [0.05, 0.1) is 10.6 Å². The Morgan fingerprint density at radius 1 is 0.841 bits per heavy atom. The molecular formula is C34H35BrFN3O4S. The normalized spacial score (nSPS) is 12.3. The van der Waals surface area contributed by atoms with Gasteiger partial charge in [0, 0.05) is 23.0 Å². The molecule has 10 heteroatoms. The number of carbonyl (C=O) groups is 2. The predicted octanol–water partition coefficient (Wildman–Crippen LogP) is 6.34. The first kappa shape index (κ1) is 32.9. The molecule has 0 aliphatic carbocycles. The highest BCUT2D eigenvalue weighted by Gasteiger charge is 2.35. The van der Waals surface area contributed by atoms with Crippen molar-refractivity contribution >= 4 is 43.5 Å². The van der Waals surface area contributed by atoms with Crippen molar-refractivity contribution in [2.45, 2.75) is 50.2 Å². The number of amides is 2. The topological polar surface area (TPSA) is 86.8 Å². The molecule has 2 amide bonds. The number of anilines is 1. The zero-order valence-corrected chi connectivity index (χ0v) is 27.2. The van der Waals surface area contributed by atoms with Gasteiger partial charge in [-0.3, -0.25) is 13.9 Å². The number of carbonyl (C=O) groups excluding carboxylic acids is 2. The molecule has 4 aromatic rings. The first-order chi connectivity index (χ1) is 20.8. The van der Waals surface area contributed by atoms with Gasteiger partial charge in [-0.05, 0) is 80.4 Å². The van der Waals surface area contributed by atoms with Crippen LogP contribution in [-0.4, -0.2) is 43.3 Å². The fourth-order valence-corrected chi connectivity index (χ4v) is 6.56. The number of halogens is 2. The molecule has 0 spiro atoms. The van der Waals surface area contributed by atoms with Gasteiger partial charge in [0.25, 0.3) is 10.0 Å². The van der Waals surface area contributed by atoms with Crippen LogP contribution in [0.2, 0.25) is 0 Å². The van der Waals surface area contributed by atoms with Crippen LogP contribution in [0.25, 0.3) is 0 Å². The van der Waals surface area contributed by atoms with Gasteiger partial charge in [0.1, 0.15) is 18.4 Å². The average Bonchev–Trinajstić information content (AvgIpc) is 2.98. The fraction of sp³-hybridized carbons (Fsp3) is 0.235. The molecule has 7 nitrogen and oxygen atoms in total. The van der Waals surface area contributed by atoms with Crippen LogP contribution in [0.15, 0.2) is 119 Å². The lowest BCUT2D eigenvalue weighted by Crippen LogP contribution is -2.56. The molecule has 0 heterocycles. The molecule has 0 radical (unpaired) electrons. The lowest BCUT2D eigenvalue weighted by atomic mass is 10.0. The number of hydrogen-bond acceptors (Lipinski definition) is 4. The summed E-state index contributed by atoms with van der Waals surface area (Å²) < 4.78 is 43.4. The number of nitrogens with zero attached hydrogens (tertiary/aromatic N) is 2. The zero-order chi connectivity index (χ0) is 31.9. The van der Waals surface area contributed by atoms with Gasteiger partial charge >= 0.3 is 0 Å². The van der Waals surface area contributed by atoms with Crippen molar-refractivity contribution in [3.05, 3.63) is 131 Å². The van der Waals surface area contributed by atoms with Crippen molar-refractivity contribution in [1.29, 1.82) is 0 Å². The molecular weight excluding hydrogens is 645 g/mol. The number of hydrogen-bond donors (Lipinski definition) is 1. The predicted molar refractivity (Wildman–Crippen MR) is 174 cm³/mol. The van der Waals surface area contributed by atoms with Crippen molar-refractivity contribution < 1.29 is 22.4 Å². The molecule has 0 aromatic heterocycles. The van der Waals surface area contributed by atoms with Gasteiger partial charge < -0.3 is 10.2 Å². The molecule has 0 bridgehead atoms. The van der Waals surface area contributed by atoms with E-state index < -0.39 is 39.9 Å². The van der Waals surface area contributed by atoms with E-state index in [4.69, 9.17) is 0 Å². The Hall–Kier alpha value is -4.02. The lowest BCUT2D eigenvalue weighted by molar-refractivity contribution is -0.140. The fourth-order valence-electron chi connectivity index (χ4n) is 4.70. The number of sulfonamides is 1. The third-order valence-electron chi connectivity index (χ3n) is 6.74. The average molecular weight is 681 g/mol. The number of rotatable bonds is 11. The molecule has 4 aromatic carbocycles. The number of para-hydroxylation sites is 1. The van der Waals surface area contributed by atoms with Crippen molar-refractivity contribution in [1.82, 2.24) is 10.2 Å². The van der Waals surface area contributed by atoms with Gasteiger partial charge in [-0.25, -0.2) is 12.8 Å². The Balaban J connectivity index is 1.80. The Morgan fingerprint density at radius 3 is 2.02 bits per heavy atom. The van der Waals surface area contributed by atoms with Crippen molar-refractivity contribution in [3.63, 3.8) is 0 Å². The van der Waals surface area contributed by atoms with Crippen LogP contribution in [0.4, 0.5) is 10.1 Å². The minimum Gasteiger partial charge on any atom is -0.350 e. The van der Waals surface area contributed by atoms with Crippen LogP contribution in [0.3, 0.4) is 0 Å². The highest BCUT2D eigenvalue weighted by atomic mass is 79.9. The second kappa shape index (κ2) is 14.2. The summed E-state index contributed by atoms with van der Waals surface area (Å²) >= 11 is 3.48. The summed E-state index contributed by atoms with van der Waals surface area (Å²) in [6.07, 6.45) is 0.207. The van der Waals surface area contributed by atoms with Gasteiger partial charge in [0.2, 0.25) is 11.8 Å². The van der Waals surface area contributed by atoms with Crippen molar-refractivity contribution in [3.8, 4) is 0 Å². The van der Waals surface area contributed by atoms with Crippen molar-refractivity contribution in [2.75, 3.05) is 10.8 Å². The van der Waals surface area contributed by atoms with Crippen LogP contribution in [0.5, 0.6) is 0 Å². The maximum atomic E-state index is 14.4. The molecule has 0 fully saturated rings. The highest BCUT2D eigenvalue weighted by Crippen LogP contribution is 2.25. The Morgan fingerprint density at radius 2 is 1.43 bits per heavy atom. The van der Waals surface area contributed by atoms with Crippen molar-refractivity contribution in [2.24, 2.45) is 0 Å². The minimum atomic E-state index is -4.30. The second-order valence-electron chi connectivity index (χ2n) is 11.4.